The van der Waals surface area contributed by atoms with Crippen LogP contribution in [0.1, 0.15) is 82.9 Å². The van der Waals surface area contributed by atoms with Crippen molar-refractivity contribution in [3.05, 3.63) is 51.8 Å². The second-order valence-electron chi connectivity index (χ2n) is 7.65. The van der Waals surface area contributed by atoms with E-state index in [9.17, 15) is 0 Å². The number of benzene rings is 1. The monoisotopic (exact) mass is 370 g/mol. The fraction of sp³-hybridized carbons (Fsp3) is 0.609. The molecule has 26 heavy (non-hydrogen) atoms. The lowest BCUT2D eigenvalue weighted by Crippen LogP contribution is -2.35. The van der Waals surface area contributed by atoms with E-state index >= 15 is 0 Å². The van der Waals surface area contributed by atoms with Crippen molar-refractivity contribution in [2.45, 2.75) is 83.6 Å². The van der Waals surface area contributed by atoms with Crippen LogP contribution in [0.2, 0.25) is 0 Å². The molecule has 1 saturated carbocycles. The highest BCUT2D eigenvalue weighted by molar-refractivity contribution is 7.07. The van der Waals surface area contributed by atoms with Gasteiger partial charge in [-0.15, -0.1) is 11.3 Å². The van der Waals surface area contributed by atoms with Crippen molar-refractivity contribution in [3.63, 3.8) is 0 Å². The molecule has 0 N–H and O–H groups in total. The quantitative estimate of drug-likeness (QED) is 0.485. The van der Waals surface area contributed by atoms with Gasteiger partial charge in [0.1, 0.15) is 0 Å². The van der Waals surface area contributed by atoms with Crippen LogP contribution in [0.4, 0.5) is 0 Å². The number of unbranched alkanes of at least 4 members (excludes halogenated alkanes) is 2. The third-order valence-electron chi connectivity index (χ3n) is 5.82. The SMILES string of the molecule is CCCC/N=c1/scc(C2(c3ccccc3)CCCCC2)n1CCCC. The summed E-state index contributed by atoms with van der Waals surface area (Å²) in [6.45, 7) is 6.59. The molecule has 0 atom stereocenters. The van der Waals surface area contributed by atoms with Crippen LogP contribution >= 0.6 is 11.3 Å². The number of aromatic nitrogens is 1. The highest BCUT2D eigenvalue weighted by Crippen LogP contribution is 2.45. The van der Waals surface area contributed by atoms with Gasteiger partial charge in [-0.05, 0) is 31.2 Å². The van der Waals surface area contributed by atoms with E-state index in [2.05, 4.69) is 54.1 Å². The highest BCUT2D eigenvalue weighted by Gasteiger charge is 2.38. The van der Waals surface area contributed by atoms with Crippen LogP contribution in [0.5, 0.6) is 0 Å². The van der Waals surface area contributed by atoms with E-state index in [-0.39, 0.29) is 5.41 Å². The predicted molar refractivity (Wildman–Crippen MR) is 113 cm³/mol. The number of rotatable bonds is 8. The molecule has 1 heterocycles. The molecule has 2 aromatic rings. The smallest absolute Gasteiger partial charge is 0.184 e. The molecular weight excluding hydrogens is 336 g/mol. The maximum absolute atomic E-state index is 4.97. The van der Waals surface area contributed by atoms with Crippen LogP contribution in [0, 0.1) is 0 Å². The summed E-state index contributed by atoms with van der Waals surface area (Å²) in [6, 6.07) is 11.3. The largest absolute Gasteiger partial charge is 0.320 e. The minimum Gasteiger partial charge on any atom is -0.320 e. The van der Waals surface area contributed by atoms with Crippen molar-refractivity contribution in [1.82, 2.24) is 4.57 Å². The number of hydrogen-bond donors (Lipinski definition) is 0. The molecule has 1 aromatic carbocycles. The third-order valence-corrected chi connectivity index (χ3v) is 6.72. The van der Waals surface area contributed by atoms with Gasteiger partial charge in [-0.2, -0.15) is 0 Å². The van der Waals surface area contributed by atoms with E-state index in [4.69, 9.17) is 4.99 Å². The molecular formula is C23H34N2S. The summed E-state index contributed by atoms with van der Waals surface area (Å²) in [5.41, 5.74) is 3.21. The second-order valence-corrected chi connectivity index (χ2v) is 8.49. The molecule has 1 aliphatic carbocycles. The molecule has 2 nitrogen and oxygen atoms in total. The molecule has 0 unspecified atom stereocenters. The molecule has 3 rings (SSSR count). The Kier molecular flexibility index (Phi) is 7.13. The summed E-state index contributed by atoms with van der Waals surface area (Å²) >= 11 is 1.86. The van der Waals surface area contributed by atoms with Gasteiger partial charge in [-0.1, -0.05) is 76.3 Å². The second kappa shape index (κ2) is 9.55. The molecule has 1 fully saturated rings. The Bertz CT molecular complexity index is 720. The van der Waals surface area contributed by atoms with Gasteiger partial charge in [0.25, 0.3) is 0 Å². The minimum atomic E-state index is 0.183. The fourth-order valence-electron chi connectivity index (χ4n) is 4.30. The zero-order valence-electron chi connectivity index (χ0n) is 16.5. The molecule has 142 valence electrons. The maximum Gasteiger partial charge on any atom is 0.184 e. The molecule has 1 aliphatic rings. The fourth-order valence-corrected chi connectivity index (χ4v) is 5.36. The Morgan fingerprint density at radius 3 is 2.42 bits per heavy atom. The van der Waals surface area contributed by atoms with E-state index < -0.39 is 0 Å². The average molecular weight is 371 g/mol. The number of nitrogens with zero attached hydrogens (tertiary/aromatic N) is 2. The van der Waals surface area contributed by atoms with E-state index in [0.29, 0.717) is 0 Å². The Hall–Kier alpha value is -1.35. The minimum absolute atomic E-state index is 0.183. The van der Waals surface area contributed by atoms with Gasteiger partial charge < -0.3 is 4.57 Å². The molecule has 0 radical (unpaired) electrons. The first kappa shape index (κ1) is 19.4. The van der Waals surface area contributed by atoms with Crippen molar-refractivity contribution < 1.29 is 0 Å². The topological polar surface area (TPSA) is 17.3 Å². The van der Waals surface area contributed by atoms with Crippen LogP contribution in [0.25, 0.3) is 0 Å². The van der Waals surface area contributed by atoms with Gasteiger partial charge in [0.2, 0.25) is 0 Å². The Morgan fingerprint density at radius 2 is 1.73 bits per heavy atom. The summed E-state index contributed by atoms with van der Waals surface area (Å²) in [4.78, 5) is 6.21. The number of hydrogen-bond acceptors (Lipinski definition) is 2. The molecule has 0 aliphatic heterocycles. The van der Waals surface area contributed by atoms with Gasteiger partial charge in [-0.3, -0.25) is 4.99 Å². The van der Waals surface area contributed by atoms with Crippen LogP contribution in [-0.2, 0) is 12.0 Å². The summed E-state index contributed by atoms with van der Waals surface area (Å²) in [5.74, 6) is 0. The van der Waals surface area contributed by atoms with Crippen LogP contribution < -0.4 is 4.80 Å². The molecule has 0 spiro atoms. The van der Waals surface area contributed by atoms with Gasteiger partial charge >= 0.3 is 0 Å². The zero-order chi connectivity index (χ0) is 18.2. The number of thiazole rings is 1. The van der Waals surface area contributed by atoms with Crippen LogP contribution in [0.15, 0.2) is 40.7 Å². The van der Waals surface area contributed by atoms with Crippen molar-refractivity contribution in [1.29, 1.82) is 0 Å². The summed E-state index contributed by atoms with van der Waals surface area (Å²) in [7, 11) is 0. The molecule has 0 saturated heterocycles. The van der Waals surface area contributed by atoms with E-state index in [1.165, 1.54) is 73.8 Å². The molecule has 0 bridgehead atoms. The Labute approximate surface area is 163 Å². The lowest BCUT2D eigenvalue weighted by Gasteiger charge is -2.38. The Balaban J connectivity index is 2.07. The van der Waals surface area contributed by atoms with Gasteiger partial charge in [0, 0.05) is 29.6 Å². The zero-order valence-corrected chi connectivity index (χ0v) is 17.4. The average Bonchev–Trinajstić information content (AvgIpc) is 3.11. The van der Waals surface area contributed by atoms with Gasteiger partial charge in [-0.25, -0.2) is 0 Å². The third kappa shape index (κ3) is 4.14. The lowest BCUT2D eigenvalue weighted by molar-refractivity contribution is 0.325. The summed E-state index contributed by atoms with van der Waals surface area (Å²) in [5, 5.41) is 2.43. The summed E-state index contributed by atoms with van der Waals surface area (Å²) in [6.07, 6.45) is 11.5. The lowest BCUT2D eigenvalue weighted by atomic mass is 9.67. The van der Waals surface area contributed by atoms with Crippen LogP contribution in [-0.4, -0.2) is 11.1 Å². The van der Waals surface area contributed by atoms with Crippen molar-refractivity contribution in [2.75, 3.05) is 6.54 Å². The van der Waals surface area contributed by atoms with Crippen LogP contribution in [0.3, 0.4) is 0 Å². The summed E-state index contributed by atoms with van der Waals surface area (Å²) < 4.78 is 2.57. The van der Waals surface area contributed by atoms with Crippen molar-refractivity contribution in [2.24, 2.45) is 4.99 Å². The Morgan fingerprint density at radius 1 is 1.00 bits per heavy atom. The highest BCUT2D eigenvalue weighted by atomic mass is 32.1. The van der Waals surface area contributed by atoms with E-state index in [1.54, 1.807) is 0 Å². The standard InChI is InChI=1S/C23H34N2S/c1-3-5-17-24-22-25(18-6-4-2)21(19-26-22)23(15-11-8-12-16-23)20-13-9-7-10-14-20/h7,9-10,13-14,19H,3-6,8,11-12,15-18H2,1-2H3/b24-22+. The predicted octanol–water partition coefficient (Wildman–Crippen LogP) is 6.30. The van der Waals surface area contributed by atoms with Gasteiger partial charge in [0.05, 0.1) is 0 Å². The molecule has 3 heteroatoms. The molecule has 0 amide bonds. The van der Waals surface area contributed by atoms with E-state index in [0.717, 1.165) is 13.1 Å². The van der Waals surface area contributed by atoms with Gasteiger partial charge in [0.15, 0.2) is 4.80 Å². The van der Waals surface area contributed by atoms with Crippen molar-refractivity contribution in [3.8, 4) is 0 Å². The maximum atomic E-state index is 4.97. The molecule has 1 aromatic heterocycles. The first-order valence-electron chi connectivity index (χ1n) is 10.6. The van der Waals surface area contributed by atoms with E-state index in [1.807, 2.05) is 11.3 Å². The first-order chi connectivity index (χ1) is 12.8. The first-order valence-corrected chi connectivity index (χ1v) is 11.4. The van der Waals surface area contributed by atoms with Crippen molar-refractivity contribution >= 4 is 11.3 Å². The normalized spacial score (nSPS) is 17.5.